The molecule has 0 aromatic heterocycles. The van der Waals surface area contributed by atoms with Crippen LogP contribution in [0.4, 0.5) is 0 Å². The molecule has 0 fully saturated rings. The zero-order valence-corrected chi connectivity index (χ0v) is 8.06. The molecule has 5 heavy (non-hydrogen) atoms. The third kappa shape index (κ3) is 23.3. The van der Waals surface area contributed by atoms with Gasteiger partial charge in [0.1, 0.15) is 0 Å². The summed E-state index contributed by atoms with van der Waals surface area (Å²) < 4.78 is 0. The van der Waals surface area contributed by atoms with Crippen molar-refractivity contribution in [1.29, 1.82) is 0 Å². The number of hydrogen-bond donors (Lipinski definition) is 0. The summed E-state index contributed by atoms with van der Waals surface area (Å²) in [7, 11) is 0. The minimum atomic E-state index is 0. The molecule has 5 heteroatoms. The molecule has 0 N–H and O–H groups in total. The van der Waals surface area contributed by atoms with Crippen LogP contribution in [0.2, 0.25) is 0 Å². The fourth-order valence-corrected chi connectivity index (χ4v) is 0. The van der Waals surface area contributed by atoms with E-state index in [-0.39, 0.29) is 81.8 Å². The zero-order chi connectivity index (χ0) is 0. The van der Waals surface area contributed by atoms with Crippen LogP contribution in [0, 0.1) is 0 Å². The summed E-state index contributed by atoms with van der Waals surface area (Å²) in [5, 5.41) is 0. The summed E-state index contributed by atoms with van der Waals surface area (Å²) in [5.41, 5.74) is 0. The minimum absolute atomic E-state index is 0. The topological polar surface area (TPSA) is 85.5 Å². The monoisotopic (exact) mass is 228 g/mol. The van der Waals surface area contributed by atoms with E-state index in [1.54, 1.807) is 0 Å². The SMILES string of the molecule is [90Y+3].[90Y+3].[O-2].[O-2].[O-2]. The van der Waals surface area contributed by atoms with Gasteiger partial charge in [-0.1, -0.05) is 0 Å². The van der Waals surface area contributed by atoms with Crippen LogP contribution in [0.1, 0.15) is 0 Å². The third-order valence-corrected chi connectivity index (χ3v) is 0. The van der Waals surface area contributed by atoms with Gasteiger partial charge in [0.2, 0.25) is 0 Å². The summed E-state index contributed by atoms with van der Waals surface area (Å²) >= 11 is 0. The van der Waals surface area contributed by atoms with Gasteiger partial charge in [-0.2, -0.15) is 0 Å². The van der Waals surface area contributed by atoms with E-state index in [1.165, 1.54) is 0 Å². The smallest absolute Gasteiger partial charge is 2.00 e. The maximum atomic E-state index is 0. The van der Waals surface area contributed by atoms with E-state index < -0.39 is 0 Å². The van der Waals surface area contributed by atoms with Crippen LogP contribution in [-0.4, -0.2) is 0 Å². The average molecular weight is 228 g/mol. The molecule has 3 nitrogen and oxygen atoms in total. The van der Waals surface area contributed by atoms with Crippen molar-refractivity contribution >= 4 is 0 Å². The van der Waals surface area contributed by atoms with Crippen molar-refractivity contribution in [2.45, 2.75) is 0 Å². The molecule has 0 spiro atoms. The van der Waals surface area contributed by atoms with Gasteiger partial charge in [-0.05, 0) is 0 Å². The number of hydrogen-bond acceptors (Lipinski definition) is 0. The molecule has 0 bridgehead atoms. The quantitative estimate of drug-likeness (QED) is 0.541. The predicted octanol–water partition coefficient (Wildman–Crippen LogP) is -0.361. The molecule has 0 rings (SSSR count). The third-order valence-electron chi connectivity index (χ3n) is 0. The van der Waals surface area contributed by atoms with Crippen molar-refractivity contribution in [3.63, 3.8) is 0 Å². The Bertz CT molecular complexity index is 4.85. The average Bonchev–Trinajstić information content (AvgIpc) is 0. The van der Waals surface area contributed by atoms with Crippen molar-refractivity contribution in [2.24, 2.45) is 0 Å². The molecule has 0 aromatic carbocycles. The van der Waals surface area contributed by atoms with Gasteiger partial charge >= 0.3 is 65.4 Å². The summed E-state index contributed by atoms with van der Waals surface area (Å²) in [6, 6.07) is 0. The summed E-state index contributed by atoms with van der Waals surface area (Å²) in [5.74, 6) is 0. The van der Waals surface area contributed by atoms with Gasteiger partial charge < -0.3 is 16.4 Å². The van der Waals surface area contributed by atoms with Gasteiger partial charge in [-0.15, -0.1) is 0 Å². The van der Waals surface area contributed by atoms with Gasteiger partial charge in [0, 0.05) is 0 Å². The van der Waals surface area contributed by atoms with Gasteiger partial charge in [0.15, 0.2) is 0 Å². The standard InChI is InChI=1S/3O.2Y/q3*-2;2*+3/i;;;2*1+1. The normalized spacial score (nSPS) is 0. The predicted molar refractivity (Wildman–Crippen MR) is 2.06 cm³/mol. The molecule has 0 amide bonds. The van der Waals surface area contributed by atoms with Crippen LogP contribution in [0.5, 0.6) is 0 Å². The fraction of sp³-hybridized carbons (Fsp3) is 0. The molecule has 0 saturated heterocycles. The Hall–Kier alpha value is 2.09. The van der Waals surface area contributed by atoms with Crippen LogP contribution >= 0.6 is 0 Å². The Morgan fingerprint density at radius 1 is 0.400 bits per heavy atom. The van der Waals surface area contributed by atoms with Crippen LogP contribution in [0.15, 0.2) is 0 Å². The molecule has 24 valence electrons. The zero-order valence-electron chi connectivity index (χ0n) is 2.38. The second-order valence-corrected chi connectivity index (χ2v) is 0. The number of rotatable bonds is 0. The second kappa shape index (κ2) is 36.2. The van der Waals surface area contributed by atoms with E-state index >= 15 is 0 Å². The van der Waals surface area contributed by atoms with Crippen molar-refractivity contribution in [1.82, 2.24) is 0 Å². The fourth-order valence-electron chi connectivity index (χ4n) is 0. The van der Waals surface area contributed by atoms with Crippen molar-refractivity contribution in [2.75, 3.05) is 0 Å². The Kier molecular flexibility index (Phi) is 436. The second-order valence-electron chi connectivity index (χ2n) is 0. The van der Waals surface area contributed by atoms with Gasteiger partial charge in [0.25, 0.3) is 0 Å². The Labute approximate surface area is 80.6 Å². The van der Waals surface area contributed by atoms with E-state index in [1.807, 2.05) is 0 Å². The van der Waals surface area contributed by atoms with Gasteiger partial charge in [-0.3, -0.25) is 0 Å². The van der Waals surface area contributed by atoms with Crippen molar-refractivity contribution in [3.8, 4) is 0 Å². The van der Waals surface area contributed by atoms with Crippen LogP contribution in [0.25, 0.3) is 0 Å². The first kappa shape index (κ1) is 60.3. The van der Waals surface area contributed by atoms with Crippen LogP contribution < -0.4 is 0 Å². The molecule has 0 heterocycles. The Morgan fingerprint density at radius 3 is 0.400 bits per heavy atom. The first-order chi connectivity index (χ1) is 0. The van der Waals surface area contributed by atoms with Gasteiger partial charge in [0.05, 0.1) is 0 Å². The summed E-state index contributed by atoms with van der Waals surface area (Å²) in [6.07, 6.45) is 0. The summed E-state index contributed by atoms with van der Waals surface area (Å²) in [6.45, 7) is 0. The molecule has 0 aromatic rings. The molecular formula is O3Y2. The molecule has 0 atom stereocenters. The van der Waals surface area contributed by atoms with Crippen LogP contribution in [0.3, 0.4) is 0 Å². The van der Waals surface area contributed by atoms with E-state index in [2.05, 4.69) is 0 Å². The van der Waals surface area contributed by atoms with E-state index in [9.17, 15) is 0 Å². The molecule has 0 radical (unpaired) electrons. The van der Waals surface area contributed by atoms with Crippen molar-refractivity contribution in [3.05, 3.63) is 0 Å². The molecule has 0 unspecified atom stereocenters. The Balaban J connectivity index is 0. The van der Waals surface area contributed by atoms with E-state index in [0.717, 1.165) is 0 Å². The summed E-state index contributed by atoms with van der Waals surface area (Å²) in [4.78, 5) is 0. The van der Waals surface area contributed by atoms with Crippen LogP contribution in [-0.2, 0) is 81.8 Å². The molecular weight excluding hydrogens is 228 g/mol. The maximum Gasteiger partial charge on any atom is 3.00 e. The molecule has 0 aliphatic carbocycles. The molecule has 0 saturated carbocycles. The van der Waals surface area contributed by atoms with Gasteiger partial charge in [-0.25, -0.2) is 0 Å². The molecule has 0 aliphatic heterocycles. The van der Waals surface area contributed by atoms with E-state index in [4.69, 9.17) is 0 Å². The van der Waals surface area contributed by atoms with E-state index in [0.29, 0.717) is 0 Å². The molecule has 0 aliphatic rings. The first-order valence-corrected chi connectivity index (χ1v) is 0. The minimum Gasteiger partial charge on any atom is -2.00 e. The maximum absolute atomic E-state index is 0. The Morgan fingerprint density at radius 2 is 0.400 bits per heavy atom. The van der Waals surface area contributed by atoms with Crippen molar-refractivity contribution < 1.29 is 81.8 Å². The first-order valence-electron chi connectivity index (χ1n) is 0. The largest absolute Gasteiger partial charge is 3.00 e.